The second kappa shape index (κ2) is 6.09. The number of sulfone groups is 1. The van der Waals surface area contributed by atoms with Gasteiger partial charge in [0.05, 0.1) is 35.8 Å². The zero-order valence-corrected chi connectivity index (χ0v) is 15.1. The van der Waals surface area contributed by atoms with E-state index in [2.05, 4.69) is 4.74 Å². The number of carbonyl (C=O) groups is 1. The van der Waals surface area contributed by atoms with Crippen molar-refractivity contribution < 1.29 is 34.8 Å². The quantitative estimate of drug-likeness (QED) is 0.626. The zero-order valence-electron chi connectivity index (χ0n) is 12.7. The van der Waals surface area contributed by atoms with Gasteiger partial charge in [0.25, 0.3) is 0 Å². The van der Waals surface area contributed by atoms with Crippen molar-refractivity contribution in [1.29, 1.82) is 0 Å². The zero-order chi connectivity index (χ0) is 18.2. The van der Waals surface area contributed by atoms with Crippen molar-refractivity contribution in [2.75, 3.05) is 29.6 Å². The first-order chi connectivity index (χ1) is 10.2. The summed E-state index contributed by atoms with van der Waals surface area (Å²) >= 11 is 0. The van der Waals surface area contributed by atoms with Crippen LogP contribution in [0.3, 0.4) is 0 Å². The van der Waals surface area contributed by atoms with Crippen molar-refractivity contribution >= 4 is 41.5 Å². The lowest BCUT2D eigenvalue weighted by Gasteiger charge is -2.22. The first-order valence-corrected chi connectivity index (χ1v) is 11.4. The predicted octanol–water partition coefficient (Wildman–Crippen LogP) is -0.398. The second-order valence-electron chi connectivity index (χ2n) is 4.67. The number of esters is 1. The summed E-state index contributed by atoms with van der Waals surface area (Å²) in [4.78, 5) is 11.4. The highest BCUT2D eigenvalue weighted by Gasteiger charge is 2.32. The van der Waals surface area contributed by atoms with E-state index in [1.165, 1.54) is 0 Å². The Balaban J connectivity index is 3.93. The first-order valence-electron chi connectivity index (χ1n) is 5.82. The molecule has 0 aliphatic heterocycles. The topological polar surface area (TPSA) is 132 Å². The summed E-state index contributed by atoms with van der Waals surface area (Å²) in [6.45, 7) is 0. The van der Waals surface area contributed by atoms with Gasteiger partial charge in [0, 0.05) is 6.26 Å². The van der Waals surface area contributed by atoms with Crippen LogP contribution in [0.1, 0.15) is 10.4 Å². The number of methoxy groups -OCH3 is 1. The molecule has 0 radical (unpaired) electrons. The second-order valence-corrected chi connectivity index (χ2v) is 10.6. The summed E-state index contributed by atoms with van der Waals surface area (Å²) in [6, 6.07) is 2.83. The summed E-state index contributed by atoms with van der Waals surface area (Å²) < 4.78 is 75.1. The van der Waals surface area contributed by atoms with Crippen LogP contribution in [0.5, 0.6) is 0 Å². The average Bonchev–Trinajstić information content (AvgIpc) is 2.33. The largest absolute Gasteiger partial charge is 0.465 e. The highest BCUT2D eigenvalue weighted by Crippen LogP contribution is 2.29. The number of ether oxygens (including phenoxy) is 1. The van der Waals surface area contributed by atoms with E-state index in [1.807, 2.05) is 0 Å². The van der Waals surface area contributed by atoms with Gasteiger partial charge in [0.2, 0.25) is 20.0 Å². The van der Waals surface area contributed by atoms with Crippen LogP contribution in [0.25, 0.3) is 0 Å². The van der Waals surface area contributed by atoms with E-state index in [0.717, 1.165) is 31.6 Å². The fraction of sp³-hybridized carbons (Fsp3) is 0.364. The fourth-order valence-electron chi connectivity index (χ4n) is 1.78. The number of hydrogen-bond acceptors (Lipinski definition) is 8. The summed E-state index contributed by atoms with van der Waals surface area (Å²) in [5.74, 6) is -1.02. The fourth-order valence-corrected chi connectivity index (χ4v) is 5.40. The predicted molar refractivity (Wildman–Crippen MR) is 83.1 cm³/mol. The molecule has 0 N–H and O–H groups in total. The van der Waals surface area contributed by atoms with E-state index in [0.29, 0.717) is 12.5 Å². The number of rotatable bonds is 5. The van der Waals surface area contributed by atoms with Crippen LogP contribution >= 0.6 is 0 Å². The van der Waals surface area contributed by atoms with E-state index in [4.69, 9.17) is 0 Å². The third-order valence-electron chi connectivity index (χ3n) is 2.60. The molecular weight excluding hydrogens is 370 g/mol. The first kappa shape index (κ1) is 19.4. The third-order valence-corrected chi connectivity index (χ3v) is 6.94. The molecule has 1 aromatic rings. The van der Waals surface area contributed by atoms with Crippen LogP contribution in [-0.2, 0) is 34.6 Å². The Morgan fingerprint density at radius 2 is 1.43 bits per heavy atom. The van der Waals surface area contributed by atoms with E-state index >= 15 is 0 Å². The molecule has 23 heavy (non-hydrogen) atoms. The van der Waals surface area contributed by atoms with Crippen LogP contribution in [-0.4, -0.2) is 57.1 Å². The maximum absolute atomic E-state index is 11.8. The van der Waals surface area contributed by atoms with E-state index < -0.39 is 47.1 Å². The minimum absolute atomic E-state index is 0.0130. The third kappa shape index (κ3) is 4.42. The number of hydrogen-bond donors (Lipinski definition) is 0. The van der Waals surface area contributed by atoms with E-state index in [-0.39, 0.29) is 8.61 Å². The summed E-state index contributed by atoms with van der Waals surface area (Å²) in [5, 5.41) is 0. The molecule has 130 valence electrons. The minimum atomic E-state index is -4.36. The standard InChI is InChI=1S/C11H15NO8S3/c1-20-11(13)9-6-5-8(21(2,14)15)7-10(9)12(22(3,16)17)23(4,18)19/h5-7H,1-4H3. The van der Waals surface area contributed by atoms with Crippen LogP contribution < -0.4 is 3.71 Å². The monoisotopic (exact) mass is 385 g/mol. The molecule has 0 aliphatic rings. The molecule has 9 nitrogen and oxygen atoms in total. The number of anilines is 1. The van der Waals surface area contributed by atoms with Gasteiger partial charge in [-0.05, 0) is 18.2 Å². The summed E-state index contributed by atoms with van der Waals surface area (Å²) in [5.41, 5.74) is -1.03. The van der Waals surface area contributed by atoms with Crippen molar-refractivity contribution in [3.8, 4) is 0 Å². The summed E-state index contributed by atoms with van der Waals surface area (Å²) in [7, 11) is -11.5. The van der Waals surface area contributed by atoms with Crippen molar-refractivity contribution in [2.45, 2.75) is 4.90 Å². The van der Waals surface area contributed by atoms with Crippen LogP contribution in [0.15, 0.2) is 23.1 Å². The molecule has 12 heteroatoms. The van der Waals surface area contributed by atoms with Gasteiger partial charge in [0.15, 0.2) is 9.84 Å². The maximum Gasteiger partial charge on any atom is 0.340 e. The Labute approximate surface area is 134 Å². The van der Waals surface area contributed by atoms with E-state index in [9.17, 15) is 30.0 Å². The molecular formula is C11H15NO8S3. The van der Waals surface area contributed by atoms with Gasteiger partial charge in [-0.25, -0.2) is 30.0 Å². The van der Waals surface area contributed by atoms with Gasteiger partial charge in [-0.2, -0.15) is 3.71 Å². The molecule has 0 atom stereocenters. The van der Waals surface area contributed by atoms with Gasteiger partial charge in [-0.3, -0.25) is 0 Å². The SMILES string of the molecule is COC(=O)c1ccc(S(C)(=O)=O)cc1N(S(C)(=O)=O)S(C)(=O)=O. The molecule has 0 heterocycles. The lowest BCUT2D eigenvalue weighted by atomic mass is 10.2. The summed E-state index contributed by atoms with van der Waals surface area (Å²) in [6.07, 6.45) is 2.08. The molecule has 0 spiro atoms. The van der Waals surface area contributed by atoms with Crippen LogP contribution in [0, 0.1) is 0 Å². The lowest BCUT2D eigenvalue weighted by Crippen LogP contribution is -2.36. The molecule has 0 unspecified atom stereocenters. The van der Waals surface area contributed by atoms with Crippen molar-refractivity contribution in [2.24, 2.45) is 0 Å². The molecule has 0 saturated carbocycles. The molecule has 0 bridgehead atoms. The Morgan fingerprint density at radius 1 is 0.957 bits per heavy atom. The van der Waals surface area contributed by atoms with Gasteiger partial charge < -0.3 is 4.74 Å². The highest BCUT2D eigenvalue weighted by molar-refractivity contribution is 8.09. The van der Waals surface area contributed by atoms with Gasteiger partial charge in [-0.15, -0.1) is 0 Å². The number of sulfonamides is 2. The number of nitrogens with zero attached hydrogens (tertiary/aromatic N) is 1. The Kier molecular flexibility index (Phi) is 5.13. The Hall–Kier alpha value is -1.66. The Bertz CT molecular complexity index is 913. The maximum atomic E-state index is 11.8. The molecule has 0 aromatic heterocycles. The van der Waals surface area contributed by atoms with Crippen LogP contribution in [0.2, 0.25) is 0 Å². The normalized spacial score (nSPS) is 12.7. The molecule has 0 fully saturated rings. The smallest absolute Gasteiger partial charge is 0.340 e. The highest BCUT2D eigenvalue weighted by atomic mass is 32.3. The van der Waals surface area contributed by atoms with Crippen molar-refractivity contribution in [1.82, 2.24) is 0 Å². The number of carbonyl (C=O) groups excluding carboxylic acids is 1. The molecule has 1 rings (SSSR count). The van der Waals surface area contributed by atoms with Gasteiger partial charge in [0.1, 0.15) is 0 Å². The molecule has 0 amide bonds. The van der Waals surface area contributed by atoms with Crippen molar-refractivity contribution in [3.05, 3.63) is 23.8 Å². The number of benzene rings is 1. The van der Waals surface area contributed by atoms with Gasteiger partial charge in [-0.1, -0.05) is 0 Å². The van der Waals surface area contributed by atoms with Crippen molar-refractivity contribution in [3.63, 3.8) is 0 Å². The van der Waals surface area contributed by atoms with Crippen LogP contribution in [0.4, 0.5) is 5.69 Å². The lowest BCUT2D eigenvalue weighted by molar-refractivity contribution is 0.0601. The van der Waals surface area contributed by atoms with Gasteiger partial charge >= 0.3 is 5.97 Å². The average molecular weight is 385 g/mol. The molecule has 0 aliphatic carbocycles. The Morgan fingerprint density at radius 3 is 1.78 bits per heavy atom. The molecule has 1 aromatic carbocycles. The van der Waals surface area contributed by atoms with E-state index in [1.54, 1.807) is 0 Å². The molecule has 0 saturated heterocycles. The minimum Gasteiger partial charge on any atom is -0.465 e.